The summed E-state index contributed by atoms with van der Waals surface area (Å²) >= 11 is 12.0. The van der Waals surface area contributed by atoms with Crippen molar-refractivity contribution < 1.29 is 35.9 Å². The molecule has 0 unspecified atom stereocenters. The van der Waals surface area contributed by atoms with Gasteiger partial charge in [-0.1, -0.05) is 29.3 Å². The van der Waals surface area contributed by atoms with Gasteiger partial charge in [-0.2, -0.15) is 13.9 Å². The molecule has 4 aromatic rings. The summed E-state index contributed by atoms with van der Waals surface area (Å²) < 4.78 is 79.1. The first-order valence-electron chi connectivity index (χ1n) is 10.5. The Labute approximate surface area is 216 Å². The van der Waals surface area contributed by atoms with E-state index in [0.717, 1.165) is 5.56 Å². The van der Waals surface area contributed by atoms with Crippen molar-refractivity contribution in [3.05, 3.63) is 97.9 Å². The first kappa shape index (κ1) is 26.5. The Morgan fingerprint density at radius 2 is 1.62 bits per heavy atom. The number of nitrogens with one attached hydrogen (secondary N) is 1. The smallest absolute Gasteiger partial charge is 0.291 e. The number of nitrogens with zero attached hydrogens (tertiary/aromatic N) is 2. The fourth-order valence-corrected chi connectivity index (χ4v) is 3.77. The maximum Gasteiger partial charge on any atom is 0.291 e. The average molecular weight is 560 g/mol. The van der Waals surface area contributed by atoms with Crippen molar-refractivity contribution in [3.63, 3.8) is 0 Å². The van der Waals surface area contributed by atoms with Gasteiger partial charge in [0.1, 0.15) is 12.4 Å². The second-order valence-electron chi connectivity index (χ2n) is 7.86. The van der Waals surface area contributed by atoms with E-state index in [4.69, 9.17) is 32.4 Å². The summed E-state index contributed by atoms with van der Waals surface area (Å²) in [6.45, 7) is 3.10. The third kappa shape index (κ3) is 5.28. The number of carbonyl (C=O) groups is 1. The van der Waals surface area contributed by atoms with Crippen molar-refractivity contribution in [1.82, 2.24) is 9.78 Å². The van der Waals surface area contributed by atoms with Crippen LogP contribution in [0.4, 0.5) is 27.6 Å². The number of hydrogen-bond acceptors (Lipinski definition) is 4. The van der Waals surface area contributed by atoms with Crippen molar-refractivity contribution in [2.24, 2.45) is 0 Å². The van der Waals surface area contributed by atoms with Crippen molar-refractivity contribution in [2.45, 2.75) is 27.0 Å². The van der Waals surface area contributed by atoms with Crippen LogP contribution in [0.15, 0.2) is 34.7 Å². The number of aryl methyl sites for hydroxylation is 1. The molecule has 13 heteroatoms. The zero-order valence-corrected chi connectivity index (χ0v) is 20.6. The van der Waals surface area contributed by atoms with E-state index < -0.39 is 47.3 Å². The van der Waals surface area contributed by atoms with Crippen LogP contribution in [-0.2, 0) is 13.2 Å². The van der Waals surface area contributed by atoms with Crippen molar-refractivity contribution in [1.29, 1.82) is 0 Å². The molecular formula is C24H16Cl2F5N3O3. The molecule has 0 saturated heterocycles. The van der Waals surface area contributed by atoms with Crippen molar-refractivity contribution >= 4 is 34.8 Å². The van der Waals surface area contributed by atoms with Gasteiger partial charge in [-0.3, -0.25) is 9.48 Å². The minimum atomic E-state index is -2.30. The molecule has 2 heterocycles. The fraction of sp³-hybridized carbons (Fsp3) is 0.167. The third-order valence-electron chi connectivity index (χ3n) is 5.35. The summed E-state index contributed by atoms with van der Waals surface area (Å²) in [5.41, 5.74) is 2.42. The van der Waals surface area contributed by atoms with Gasteiger partial charge in [-0.15, -0.1) is 0 Å². The minimum absolute atomic E-state index is 0.0992. The van der Waals surface area contributed by atoms with Crippen LogP contribution in [0.2, 0.25) is 10.0 Å². The maximum atomic E-state index is 13.8. The molecule has 1 N–H and O–H groups in total. The van der Waals surface area contributed by atoms with Gasteiger partial charge >= 0.3 is 0 Å². The van der Waals surface area contributed by atoms with E-state index in [1.807, 2.05) is 0 Å². The van der Waals surface area contributed by atoms with Gasteiger partial charge in [-0.25, -0.2) is 13.2 Å². The predicted octanol–water partition coefficient (Wildman–Crippen LogP) is 6.97. The Bertz CT molecular complexity index is 1490. The second-order valence-corrected chi connectivity index (χ2v) is 8.67. The van der Waals surface area contributed by atoms with Crippen LogP contribution in [0.25, 0.3) is 0 Å². The summed E-state index contributed by atoms with van der Waals surface area (Å²) in [7, 11) is 0. The summed E-state index contributed by atoms with van der Waals surface area (Å²) in [5.74, 6) is -13.2. The number of aromatic nitrogens is 2. The largest absolute Gasteiger partial charge is 0.479 e. The van der Waals surface area contributed by atoms with Crippen LogP contribution in [0.5, 0.6) is 5.75 Å². The van der Waals surface area contributed by atoms with Gasteiger partial charge in [0.2, 0.25) is 29.1 Å². The highest BCUT2D eigenvalue weighted by atomic mass is 35.5. The lowest BCUT2D eigenvalue weighted by molar-refractivity contribution is 0.0992. The summed E-state index contributed by atoms with van der Waals surface area (Å²) in [6, 6.07) is 7.68. The van der Waals surface area contributed by atoms with Gasteiger partial charge in [-0.05, 0) is 43.7 Å². The van der Waals surface area contributed by atoms with Crippen LogP contribution in [-0.4, -0.2) is 15.7 Å². The number of halogens is 7. The minimum Gasteiger partial charge on any atom is -0.479 e. The number of amides is 1. The SMILES string of the molecule is Cc1nn(Cc2ccc(Cl)c(Cl)c2)c(C)c1NC(=O)c1ccc(COc2c(F)c(F)c(F)c(F)c2F)o1. The molecule has 2 aromatic carbocycles. The first-order valence-corrected chi connectivity index (χ1v) is 11.3. The highest BCUT2D eigenvalue weighted by Crippen LogP contribution is 2.30. The molecule has 194 valence electrons. The topological polar surface area (TPSA) is 69.3 Å². The maximum absolute atomic E-state index is 13.8. The number of benzene rings is 2. The van der Waals surface area contributed by atoms with Crippen LogP contribution in [0.1, 0.15) is 33.3 Å². The summed E-state index contributed by atoms with van der Waals surface area (Å²) in [4.78, 5) is 12.7. The van der Waals surface area contributed by atoms with E-state index in [1.165, 1.54) is 12.1 Å². The number of furan rings is 1. The Balaban J connectivity index is 1.46. The van der Waals surface area contributed by atoms with E-state index >= 15 is 0 Å². The lowest BCUT2D eigenvalue weighted by Crippen LogP contribution is -2.12. The number of ether oxygens (including phenoxy) is 1. The molecule has 0 aliphatic rings. The fourth-order valence-electron chi connectivity index (χ4n) is 3.45. The van der Waals surface area contributed by atoms with Gasteiger partial charge in [0.05, 0.1) is 33.7 Å². The normalized spacial score (nSPS) is 11.2. The molecule has 37 heavy (non-hydrogen) atoms. The van der Waals surface area contributed by atoms with E-state index in [-0.39, 0.29) is 11.5 Å². The molecule has 0 spiro atoms. The quantitative estimate of drug-likeness (QED) is 0.151. The Morgan fingerprint density at radius 3 is 2.27 bits per heavy atom. The molecule has 0 bridgehead atoms. The molecule has 0 atom stereocenters. The van der Waals surface area contributed by atoms with E-state index in [9.17, 15) is 26.7 Å². The van der Waals surface area contributed by atoms with Crippen LogP contribution in [0.3, 0.4) is 0 Å². The van der Waals surface area contributed by atoms with E-state index in [1.54, 1.807) is 36.7 Å². The number of anilines is 1. The molecule has 6 nitrogen and oxygen atoms in total. The molecule has 0 radical (unpaired) electrons. The number of carbonyl (C=O) groups excluding carboxylic acids is 1. The highest BCUT2D eigenvalue weighted by Gasteiger charge is 2.27. The van der Waals surface area contributed by atoms with Crippen LogP contribution < -0.4 is 10.1 Å². The lowest BCUT2D eigenvalue weighted by atomic mass is 10.2. The molecule has 0 fully saturated rings. The molecule has 0 aliphatic heterocycles. The molecule has 0 aliphatic carbocycles. The average Bonchev–Trinajstić information content (AvgIpc) is 3.44. The first-order chi connectivity index (χ1) is 17.5. The van der Waals surface area contributed by atoms with Crippen molar-refractivity contribution in [2.75, 3.05) is 5.32 Å². The second kappa shape index (κ2) is 10.4. The summed E-state index contributed by atoms with van der Waals surface area (Å²) in [5, 5.41) is 7.92. The molecule has 0 saturated carbocycles. The Morgan fingerprint density at radius 1 is 0.973 bits per heavy atom. The predicted molar refractivity (Wildman–Crippen MR) is 124 cm³/mol. The van der Waals surface area contributed by atoms with E-state index in [0.29, 0.717) is 33.7 Å². The van der Waals surface area contributed by atoms with E-state index in [2.05, 4.69) is 10.4 Å². The monoisotopic (exact) mass is 559 g/mol. The van der Waals surface area contributed by atoms with Gasteiger partial charge in [0.15, 0.2) is 11.5 Å². The lowest BCUT2D eigenvalue weighted by Gasteiger charge is -2.09. The van der Waals surface area contributed by atoms with Crippen LogP contribution in [0, 0.1) is 42.9 Å². The zero-order chi connectivity index (χ0) is 27.0. The standard InChI is InChI=1S/C24H16Cl2F5N3O3/c1-10-22(11(2)34(33-10)8-12-3-5-14(25)15(26)7-12)32-24(35)16-6-4-13(37-16)9-36-23-20(30)18(28)17(27)19(29)21(23)31/h3-7H,8-9H2,1-2H3,(H,32,35). The van der Waals surface area contributed by atoms with Gasteiger partial charge in [0, 0.05) is 0 Å². The molecule has 2 aromatic heterocycles. The van der Waals surface area contributed by atoms with Crippen LogP contribution >= 0.6 is 23.2 Å². The van der Waals surface area contributed by atoms with Gasteiger partial charge in [0.25, 0.3) is 5.91 Å². The zero-order valence-electron chi connectivity index (χ0n) is 19.1. The Hall–Kier alpha value is -3.57. The number of hydrogen-bond donors (Lipinski definition) is 1. The van der Waals surface area contributed by atoms with Gasteiger partial charge < -0.3 is 14.5 Å². The number of rotatable bonds is 7. The highest BCUT2D eigenvalue weighted by molar-refractivity contribution is 6.42. The summed E-state index contributed by atoms with van der Waals surface area (Å²) in [6.07, 6.45) is 0. The molecule has 1 amide bonds. The third-order valence-corrected chi connectivity index (χ3v) is 6.09. The Kier molecular flexibility index (Phi) is 7.47. The molecule has 4 rings (SSSR count). The molecular weight excluding hydrogens is 544 g/mol. The van der Waals surface area contributed by atoms with Crippen molar-refractivity contribution in [3.8, 4) is 5.75 Å².